The summed E-state index contributed by atoms with van der Waals surface area (Å²) in [5, 5.41) is 98.3. The number of hydrogen-bond donors (Lipinski definition) is 9. The van der Waals surface area contributed by atoms with Crippen LogP contribution in [0.3, 0.4) is 0 Å². The number of aliphatic hydroxyl groups is 9. The van der Waals surface area contributed by atoms with E-state index < -0.39 is 111 Å². The van der Waals surface area contributed by atoms with Crippen molar-refractivity contribution in [3.05, 3.63) is 11.6 Å². The number of rotatable bonds is 10. The van der Waals surface area contributed by atoms with E-state index in [2.05, 4.69) is 13.8 Å². The first-order valence-electron chi connectivity index (χ1n) is 21.8. The summed E-state index contributed by atoms with van der Waals surface area (Å²) in [6, 6.07) is 0. The lowest BCUT2D eigenvalue weighted by molar-refractivity contribution is -0.345. The maximum atomic E-state index is 12.6. The molecule has 0 unspecified atom stereocenters. The molecule has 4 heterocycles. The SMILES string of the molecule is CO[C@@H]1[C@@H](O)[C@H](C)O[C@@H](OC[C@H]2O[C@@H](OC[C@@H]3O[C@H](O[C@H]4CC[C@]5(C)[C@@H](CC[C@H]6[C@H]5CC[C@@]5(C)[C@H](C7=CC(=O)OC7)CC[C@]65O)C4)[C@@H](O)[C@H](O)[C@H]3O)[C@H](O)[C@H](O)[C@@H]2O)[C@@H]1O. The summed E-state index contributed by atoms with van der Waals surface area (Å²) in [6.45, 7) is 5.52. The maximum absolute atomic E-state index is 12.6. The fraction of sp³-hybridized carbons (Fsp3) is 0.929. The molecule has 0 aromatic rings. The highest BCUT2D eigenvalue weighted by Gasteiger charge is 2.68. The zero-order valence-corrected chi connectivity index (χ0v) is 34.8. The van der Waals surface area contributed by atoms with Gasteiger partial charge in [0.05, 0.1) is 31.0 Å². The van der Waals surface area contributed by atoms with E-state index in [0.717, 1.165) is 44.1 Å². The predicted octanol–water partition coefficient (Wildman–Crippen LogP) is -1.24. The molecule has 0 spiro atoms. The van der Waals surface area contributed by atoms with E-state index in [9.17, 15) is 50.8 Å². The van der Waals surface area contributed by atoms with Crippen LogP contribution < -0.4 is 0 Å². The molecule has 7 fully saturated rings. The first kappa shape index (κ1) is 45.1. The number of carbonyl (C=O) groups is 1. The molecule has 4 aliphatic carbocycles. The van der Waals surface area contributed by atoms with Gasteiger partial charge in [-0.25, -0.2) is 4.79 Å². The summed E-state index contributed by atoms with van der Waals surface area (Å²) in [5.74, 6) is 0.561. The fourth-order valence-electron chi connectivity index (χ4n) is 12.8. The van der Waals surface area contributed by atoms with Crippen LogP contribution >= 0.6 is 0 Å². The zero-order chi connectivity index (χ0) is 43.1. The molecule has 0 radical (unpaired) electrons. The Morgan fingerprint density at radius 3 is 1.97 bits per heavy atom. The number of ether oxygens (including phenoxy) is 8. The third-order valence-corrected chi connectivity index (χ3v) is 16.5. The standard InChI is InChI=1S/C42H66O18/c1-18-28(44)36(53-4)35(51)38(57-18)56-16-25-29(45)31(47)33(49)37(59-25)55-17-26-30(46)32(48)34(50)39(60-26)58-21-7-10-40(2)20(14-21)5-6-24-23(40)8-11-41(3)22(9-12-42(24,41)52)19-13-27(43)54-15-19/h13,18,20-26,28-39,44-52H,5-12,14-17H2,1-4H3/t18-,20-,21-,22-,23+,24-,25+,26-,28-,29+,30-,31+,32+,33+,34-,35+,36+,37+,38+,39-,40+,41-,42-/m0/s1. The minimum absolute atomic E-state index is 0.0415. The molecule has 4 aliphatic heterocycles. The number of esters is 1. The minimum Gasteiger partial charge on any atom is -0.458 e. The Bertz CT molecular complexity index is 1570. The molecule has 0 aromatic carbocycles. The minimum atomic E-state index is -1.75. The Balaban J connectivity index is 0.864. The second-order valence-corrected chi connectivity index (χ2v) is 19.4. The van der Waals surface area contributed by atoms with E-state index in [4.69, 9.17) is 37.9 Å². The van der Waals surface area contributed by atoms with E-state index in [0.29, 0.717) is 31.8 Å². The number of carbonyl (C=O) groups excluding carboxylic acids is 1. The van der Waals surface area contributed by atoms with E-state index in [1.165, 1.54) is 7.11 Å². The van der Waals surface area contributed by atoms with Crippen LogP contribution in [0.1, 0.15) is 78.6 Å². The van der Waals surface area contributed by atoms with Crippen LogP contribution in [0, 0.1) is 34.5 Å². The monoisotopic (exact) mass is 858 g/mol. The lowest BCUT2D eigenvalue weighted by Gasteiger charge is -2.64. The van der Waals surface area contributed by atoms with Gasteiger partial charge in [-0.1, -0.05) is 13.8 Å². The van der Waals surface area contributed by atoms with Crippen molar-refractivity contribution in [2.75, 3.05) is 26.9 Å². The molecule has 4 saturated carbocycles. The van der Waals surface area contributed by atoms with Gasteiger partial charge in [0.2, 0.25) is 0 Å². The molecular formula is C42H66O18. The van der Waals surface area contributed by atoms with Crippen molar-refractivity contribution in [1.82, 2.24) is 0 Å². The van der Waals surface area contributed by atoms with Crippen LogP contribution in [0.2, 0.25) is 0 Å². The number of hydrogen-bond acceptors (Lipinski definition) is 18. The highest BCUT2D eigenvalue weighted by Crippen LogP contribution is 2.70. The van der Waals surface area contributed by atoms with Crippen LogP contribution in [0.15, 0.2) is 11.6 Å². The van der Waals surface area contributed by atoms with Crippen molar-refractivity contribution in [2.24, 2.45) is 34.5 Å². The number of methoxy groups -OCH3 is 1. The van der Waals surface area contributed by atoms with Gasteiger partial charge in [-0.15, -0.1) is 0 Å². The molecule has 60 heavy (non-hydrogen) atoms. The number of cyclic esters (lactones) is 1. The van der Waals surface area contributed by atoms with Crippen molar-refractivity contribution in [2.45, 2.75) is 182 Å². The van der Waals surface area contributed by atoms with Crippen LogP contribution in [0.5, 0.6) is 0 Å². The van der Waals surface area contributed by atoms with Gasteiger partial charge in [-0.05, 0) is 99.4 Å². The summed E-state index contributed by atoms with van der Waals surface area (Å²) in [7, 11) is 1.32. The second kappa shape index (κ2) is 17.2. The molecule has 18 nitrogen and oxygen atoms in total. The molecule has 0 amide bonds. The summed E-state index contributed by atoms with van der Waals surface area (Å²) < 4.78 is 45.6. The van der Waals surface area contributed by atoms with Gasteiger partial charge in [0.15, 0.2) is 18.9 Å². The molecule has 9 N–H and O–H groups in total. The fourth-order valence-corrected chi connectivity index (χ4v) is 12.8. The maximum Gasteiger partial charge on any atom is 0.331 e. The summed E-state index contributed by atoms with van der Waals surface area (Å²) in [4.78, 5) is 11.9. The molecule has 0 bridgehead atoms. The van der Waals surface area contributed by atoms with E-state index >= 15 is 0 Å². The quantitative estimate of drug-likeness (QED) is 0.0918. The van der Waals surface area contributed by atoms with Gasteiger partial charge in [-0.3, -0.25) is 0 Å². The van der Waals surface area contributed by atoms with Crippen LogP contribution in [0.25, 0.3) is 0 Å². The van der Waals surface area contributed by atoms with Crippen LogP contribution in [0.4, 0.5) is 0 Å². The van der Waals surface area contributed by atoms with Crippen molar-refractivity contribution in [3.63, 3.8) is 0 Å². The van der Waals surface area contributed by atoms with Crippen LogP contribution in [-0.2, 0) is 42.7 Å². The topological polar surface area (TPSA) is 273 Å². The Labute approximate surface area is 349 Å². The van der Waals surface area contributed by atoms with Crippen molar-refractivity contribution < 1.29 is 88.6 Å². The van der Waals surface area contributed by atoms with Gasteiger partial charge in [0.25, 0.3) is 0 Å². The van der Waals surface area contributed by atoms with Gasteiger partial charge in [0, 0.05) is 18.6 Å². The van der Waals surface area contributed by atoms with Gasteiger partial charge >= 0.3 is 5.97 Å². The van der Waals surface area contributed by atoms with Gasteiger partial charge in [-0.2, -0.15) is 0 Å². The van der Waals surface area contributed by atoms with Crippen LogP contribution in [-0.4, -0.2) is 183 Å². The lowest BCUT2D eigenvalue weighted by Crippen LogP contribution is -2.63. The number of fused-ring (bicyclic) bond motifs is 5. The van der Waals surface area contributed by atoms with Crippen molar-refractivity contribution >= 4 is 5.97 Å². The Kier molecular flexibility index (Phi) is 12.9. The first-order chi connectivity index (χ1) is 28.4. The lowest BCUT2D eigenvalue weighted by atomic mass is 9.43. The molecule has 18 heteroatoms. The van der Waals surface area contributed by atoms with Crippen molar-refractivity contribution in [1.29, 1.82) is 0 Å². The summed E-state index contributed by atoms with van der Waals surface area (Å²) in [5.41, 5.74) is -0.197. The Morgan fingerprint density at radius 2 is 1.33 bits per heavy atom. The summed E-state index contributed by atoms with van der Waals surface area (Å²) in [6.07, 6.45) is -12.3. The molecule has 23 atom stereocenters. The molecular weight excluding hydrogens is 792 g/mol. The van der Waals surface area contributed by atoms with Gasteiger partial charge in [0.1, 0.15) is 73.8 Å². The largest absolute Gasteiger partial charge is 0.458 e. The molecule has 0 aromatic heterocycles. The third-order valence-electron chi connectivity index (χ3n) is 16.5. The van der Waals surface area contributed by atoms with E-state index in [-0.39, 0.29) is 40.7 Å². The third kappa shape index (κ3) is 7.60. The highest BCUT2D eigenvalue weighted by atomic mass is 16.7. The zero-order valence-electron chi connectivity index (χ0n) is 34.8. The predicted molar refractivity (Wildman–Crippen MR) is 203 cm³/mol. The Hall–Kier alpha value is -1.43. The van der Waals surface area contributed by atoms with E-state index in [1.54, 1.807) is 13.0 Å². The van der Waals surface area contributed by atoms with Gasteiger partial charge < -0.3 is 83.9 Å². The smallest absolute Gasteiger partial charge is 0.331 e. The summed E-state index contributed by atoms with van der Waals surface area (Å²) >= 11 is 0. The molecule has 342 valence electrons. The normalized spacial score (nSPS) is 54.4. The molecule has 3 saturated heterocycles. The molecule has 8 rings (SSSR count). The average molecular weight is 859 g/mol. The average Bonchev–Trinajstić information content (AvgIpc) is 3.77. The van der Waals surface area contributed by atoms with E-state index in [1.807, 2.05) is 0 Å². The second-order valence-electron chi connectivity index (χ2n) is 19.4. The molecule has 8 aliphatic rings. The first-order valence-corrected chi connectivity index (χ1v) is 21.8. The Morgan fingerprint density at radius 1 is 0.700 bits per heavy atom. The number of aliphatic hydroxyl groups excluding tert-OH is 8. The van der Waals surface area contributed by atoms with Crippen molar-refractivity contribution in [3.8, 4) is 0 Å². The highest BCUT2D eigenvalue weighted by molar-refractivity contribution is 5.85.